The van der Waals surface area contributed by atoms with Gasteiger partial charge >= 0.3 is 0 Å². The van der Waals surface area contributed by atoms with Crippen molar-refractivity contribution in [2.24, 2.45) is 5.92 Å². The molecule has 1 aliphatic heterocycles. The number of benzene rings is 2. The van der Waals surface area contributed by atoms with Crippen molar-refractivity contribution in [2.75, 3.05) is 18.0 Å². The number of nitrogens with one attached hydrogen (secondary N) is 2. The summed E-state index contributed by atoms with van der Waals surface area (Å²) in [6.07, 6.45) is 5.49. The largest absolute Gasteiger partial charge is 0.465 e. The van der Waals surface area contributed by atoms with Crippen molar-refractivity contribution in [1.82, 2.24) is 10.6 Å². The number of furan rings is 1. The fourth-order valence-corrected chi connectivity index (χ4v) is 4.17. The van der Waals surface area contributed by atoms with Gasteiger partial charge in [0.25, 0.3) is 11.8 Å². The predicted octanol–water partition coefficient (Wildman–Crippen LogP) is 5.47. The minimum atomic E-state index is -0.386. The van der Waals surface area contributed by atoms with Crippen LogP contribution in [-0.2, 0) is 4.79 Å². The smallest absolute Gasteiger partial charge is 0.268 e. The summed E-state index contributed by atoms with van der Waals surface area (Å²) in [6.45, 7) is 8.35. The first-order chi connectivity index (χ1) is 16.9. The van der Waals surface area contributed by atoms with E-state index < -0.39 is 0 Å². The summed E-state index contributed by atoms with van der Waals surface area (Å²) < 4.78 is 5.37. The van der Waals surface area contributed by atoms with Gasteiger partial charge in [-0.25, -0.2) is 0 Å². The molecule has 0 saturated carbocycles. The van der Waals surface area contributed by atoms with Gasteiger partial charge in [0.15, 0.2) is 0 Å². The molecule has 1 aliphatic rings. The lowest BCUT2D eigenvalue weighted by molar-refractivity contribution is -0.118. The Morgan fingerprint density at radius 3 is 2.34 bits per heavy atom. The van der Waals surface area contributed by atoms with Crippen LogP contribution in [-0.4, -0.2) is 24.9 Å². The van der Waals surface area contributed by atoms with Gasteiger partial charge in [0.05, 0.1) is 12.3 Å². The van der Waals surface area contributed by atoms with Crippen LogP contribution >= 0.6 is 0 Å². The fraction of sp³-hybridized carbons (Fsp3) is 0.310. The first-order valence-corrected chi connectivity index (χ1v) is 12.2. The molecule has 2 heterocycles. The molecule has 1 fully saturated rings. The normalized spacial score (nSPS) is 15.5. The van der Waals surface area contributed by atoms with Crippen LogP contribution in [0.5, 0.6) is 0 Å². The highest BCUT2D eigenvalue weighted by Gasteiger charge is 2.19. The number of piperidine rings is 1. The Morgan fingerprint density at radius 1 is 1.03 bits per heavy atom. The fourth-order valence-electron chi connectivity index (χ4n) is 4.17. The lowest BCUT2D eigenvalue weighted by Crippen LogP contribution is -2.36. The van der Waals surface area contributed by atoms with Gasteiger partial charge in [-0.1, -0.05) is 36.8 Å². The molecule has 0 bridgehead atoms. The molecule has 182 valence electrons. The van der Waals surface area contributed by atoms with E-state index in [4.69, 9.17) is 4.42 Å². The molecule has 1 saturated heterocycles. The van der Waals surface area contributed by atoms with Crippen molar-refractivity contribution in [3.05, 3.63) is 95.1 Å². The zero-order valence-corrected chi connectivity index (χ0v) is 20.6. The van der Waals surface area contributed by atoms with Gasteiger partial charge in [-0.15, -0.1) is 0 Å². The minimum absolute atomic E-state index is 0.122. The number of hydrogen-bond acceptors (Lipinski definition) is 4. The van der Waals surface area contributed by atoms with Gasteiger partial charge in [-0.05, 0) is 74.6 Å². The first-order valence-electron chi connectivity index (χ1n) is 12.2. The molecule has 2 aromatic carbocycles. The van der Waals surface area contributed by atoms with Crippen LogP contribution in [0.2, 0.25) is 0 Å². The lowest BCUT2D eigenvalue weighted by atomic mass is 9.98. The second-order valence-electron chi connectivity index (χ2n) is 9.35. The highest BCUT2D eigenvalue weighted by molar-refractivity contribution is 6.05. The van der Waals surface area contributed by atoms with E-state index in [1.165, 1.54) is 30.9 Å². The maximum Gasteiger partial charge on any atom is 0.268 e. The van der Waals surface area contributed by atoms with Gasteiger partial charge < -0.3 is 20.0 Å². The Hall–Kier alpha value is -3.80. The number of rotatable bonds is 7. The summed E-state index contributed by atoms with van der Waals surface area (Å²) in [5, 5.41) is 5.75. The van der Waals surface area contributed by atoms with E-state index in [9.17, 15) is 9.59 Å². The molecule has 0 spiro atoms. The maximum absolute atomic E-state index is 13.2. The molecular formula is C29H33N3O3. The van der Waals surface area contributed by atoms with Gasteiger partial charge in [0.1, 0.15) is 11.5 Å². The van der Waals surface area contributed by atoms with Crippen molar-refractivity contribution in [1.29, 1.82) is 0 Å². The standard InChI is InChI=1S/C29H33N3O3/c1-20-6-8-24(9-7-20)28(33)31-27(19-26-5-4-18-35-26)29(34)30-22(3)23-10-12-25(13-11-23)32-16-14-21(2)15-17-32/h4-13,18-19,21-22H,14-17H2,1-3H3,(H,30,34)(H,31,33)/b27-19-/t22-/m1/s1. The van der Waals surface area contributed by atoms with Crippen molar-refractivity contribution in [3.8, 4) is 0 Å². The Kier molecular flexibility index (Phi) is 7.70. The number of carbonyl (C=O) groups is 2. The van der Waals surface area contributed by atoms with Crippen LogP contribution < -0.4 is 15.5 Å². The predicted molar refractivity (Wildman–Crippen MR) is 139 cm³/mol. The molecule has 0 radical (unpaired) electrons. The van der Waals surface area contributed by atoms with Gasteiger partial charge in [0, 0.05) is 30.4 Å². The SMILES string of the molecule is Cc1ccc(C(=O)N/C(=C\c2ccco2)C(=O)N[C@H](C)c2ccc(N3CCC(C)CC3)cc2)cc1. The average molecular weight is 472 g/mol. The molecule has 1 aromatic heterocycles. The second-order valence-corrected chi connectivity index (χ2v) is 9.35. The average Bonchev–Trinajstić information content (AvgIpc) is 3.38. The topological polar surface area (TPSA) is 74.6 Å². The lowest BCUT2D eigenvalue weighted by Gasteiger charge is -2.32. The number of carbonyl (C=O) groups excluding carboxylic acids is 2. The summed E-state index contributed by atoms with van der Waals surface area (Å²) in [6, 6.07) is 18.8. The zero-order valence-electron chi connectivity index (χ0n) is 20.6. The van der Waals surface area contributed by atoms with E-state index in [-0.39, 0.29) is 23.6 Å². The summed E-state index contributed by atoms with van der Waals surface area (Å²) >= 11 is 0. The van der Waals surface area contributed by atoms with Crippen LogP contribution in [0.15, 0.2) is 77.0 Å². The van der Waals surface area contributed by atoms with Crippen LogP contribution in [0, 0.1) is 12.8 Å². The van der Waals surface area contributed by atoms with E-state index in [0.717, 1.165) is 30.1 Å². The number of hydrogen-bond donors (Lipinski definition) is 2. The maximum atomic E-state index is 13.2. The van der Waals surface area contributed by atoms with Gasteiger partial charge in [-0.3, -0.25) is 9.59 Å². The summed E-state index contributed by atoms with van der Waals surface area (Å²) in [4.78, 5) is 28.4. The molecule has 4 rings (SSSR count). The molecular weight excluding hydrogens is 438 g/mol. The Morgan fingerprint density at radius 2 is 1.71 bits per heavy atom. The van der Waals surface area contributed by atoms with E-state index in [1.54, 1.807) is 24.3 Å². The molecule has 0 unspecified atom stereocenters. The molecule has 2 N–H and O–H groups in total. The van der Waals surface area contributed by atoms with Crippen molar-refractivity contribution < 1.29 is 14.0 Å². The molecule has 1 atom stereocenters. The van der Waals surface area contributed by atoms with Crippen LogP contribution in [0.25, 0.3) is 6.08 Å². The first kappa shape index (κ1) is 24.3. The third kappa shape index (κ3) is 6.41. The van der Waals surface area contributed by atoms with Crippen LogP contribution in [0.1, 0.15) is 60.0 Å². The van der Waals surface area contributed by atoms with Gasteiger partial charge in [0.2, 0.25) is 0 Å². The van der Waals surface area contributed by atoms with Crippen LogP contribution in [0.3, 0.4) is 0 Å². The third-order valence-electron chi connectivity index (χ3n) is 6.53. The molecule has 35 heavy (non-hydrogen) atoms. The van der Waals surface area contributed by atoms with Crippen molar-refractivity contribution >= 4 is 23.6 Å². The summed E-state index contributed by atoms with van der Waals surface area (Å²) in [5.74, 6) is 0.525. The second kappa shape index (κ2) is 11.1. The van der Waals surface area contributed by atoms with Crippen LogP contribution in [0.4, 0.5) is 5.69 Å². The number of anilines is 1. The van der Waals surface area contributed by atoms with E-state index in [2.05, 4.69) is 46.7 Å². The Labute approximate surface area is 207 Å². The Balaban J connectivity index is 1.45. The highest BCUT2D eigenvalue weighted by Crippen LogP contribution is 2.24. The molecule has 3 aromatic rings. The highest BCUT2D eigenvalue weighted by atomic mass is 16.3. The number of nitrogens with zero attached hydrogens (tertiary/aromatic N) is 1. The quantitative estimate of drug-likeness (QED) is 0.448. The molecule has 6 heteroatoms. The zero-order chi connectivity index (χ0) is 24.8. The van der Waals surface area contributed by atoms with E-state index in [1.807, 2.05) is 26.0 Å². The van der Waals surface area contributed by atoms with Crippen molar-refractivity contribution in [2.45, 2.75) is 39.7 Å². The minimum Gasteiger partial charge on any atom is -0.465 e. The van der Waals surface area contributed by atoms with Crippen molar-refractivity contribution in [3.63, 3.8) is 0 Å². The number of aryl methyl sites for hydroxylation is 1. The molecule has 6 nitrogen and oxygen atoms in total. The Bertz CT molecular complexity index is 1160. The molecule has 0 aliphatic carbocycles. The summed E-state index contributed by atoms with van der Waals surface area (Å²) in [5.41, 5.74) is 3.86. The monoisotopic (exact) mass is 471 g/mol. The molecule has 2 amide bonds. The summed E-state index contributed by atoms with van der Waals surface area (Å²) in [7, 11) is 0. The number of amides is 2. The van der Waals surface area contributed by atoms with E-state index >= 15 is 0 Å². The van der Waals surface area contributed by atoms with Gasteiger partial charge in [-0.2, -0.15) is 0 Å². The van der Waals surface area contributed by atoms with E-state index in [0.29, 0.717) is 11.3 Å². The third-order valence-corrected chi connectivity index (χ3v) is 6.53.